The highest BCUT2D eigenvalue weighted by molar-refractivity contribution is 5.86. The summed E-state index contributed by atoms with van der Waals surface area (Å²) in [7, 11) is 3.68. The maximum Gasteiger partial charge on any atom is 0.408 e. The SMILES string of the molecule is COc1ccc(C[C@H](NC(=O)OC(C)(C)C)c2ccc(-c3ccc4cnccc4c3)n2C)cc1. The number of fused-ring (bicyclic) bond motifs is 1. The average Bonchev–Trinajstić information content (AvgIpc) is 3.18. The van der Waals surface area contributed by atoms with Gasteiger partial charge in [0.2, 0.25) is 0 Å². The standard InChI is InChI=1S/C28H31N3O3/c1-28(2,3)34-27(32)30-24(16-19-6-10-23(33-5)11-7-19)26-13-12-25(31(26)4)21-8-9-22-18-29-15-14-20(22)17-21/h6-15,17-18,24H,16H2,1-5H3,(H,30,32)/t24-/m0/s1. The van der Waals surface area contributed by atoms with E-state index in [-0.39, 0.29) is 6.04 Å². The van der Waals surface area contributed by atoms with E-state index in [1.165, 1.54) is 0 Å². The van der Waals surface area contributed by atoms with E-state index in [2.05, 4.69) is 45.2 Å². The van der Waals surface area contributed by atoms with Crippen LogP contribution < -0.4 is 10.1 Å². The van der Waals surface area contributed by atoms with E-state index in [4.69, 9.17) is 9.47 Å². The number of hydrogen-bond donors (Lipinski definition) is 1. The van der Waals surface area contributed by atoms with Crippen molar-refractivity contribution < 1.29 is 14.3 Å². The molecule has 0 spiro atoms. The largest absolute Gasteiger partial charge is 0.497 e. The molecule has 0 bridgehead atoms. The summed E-state index contributed by atoms with van der Waals surface area (Å²) >= 11 is 0. The normalized spacial score (nSPS) is 12.4. The number of hydrogen-bond acceptors (Lipinski definition) is 4. The number of rotatable bonds is 6. The molecule has 34 heavy (non-hydrogen) atoms. The second-order valence-electron chi connectivity index (χ2n) is 9.39. The topological polar surface area (TPSA) is 65.4 Å². The summed E-state index contributed by atoms with van der Waals surface area (Å²) in [5, 5.41) is 5.32. The third kappa shape index (κ3) is 5.39. The first-order chi connectivity index (χ1) is 16.2. The summed E-state index contributed by atoms with van der Waals surface area (Å²) in [6.45, 7) is 5.59. The number of alkyl carbamates (subject to hydrolysis) is 1. The predicted octanol–water partition coefficient (Wildman–Crippen LogP) is 6.06. The van der Waals surface area contributed by atoms with Gasteiger partial charge in [0, 0.05) is 36.2 Å². The van der Waals surface area contributed by atoms with Crippen LogP contribution in [-0.4, -0.2) is 28.4 Å². The van der Waals surface area contributed by atoms with E-state index in [1.807, 2.05) is 64.3 Å². The van der Waals surface area contributed by atoms with Crippen LogP contribution in [0.25, 0.3) is 22.0 Å². The van der Waals surface area contributed by atoms with Crippen LogP contribution in [0.4, 0.5) is 4.79 Å². The van der Waals surface area contributed by atoms with E-state index in [1.54, 1.807) is 13.3 Å². The second kappa shape index (κ2) is 9.59. The summed E-state index contributed by atoms with van der Waals surface area (Å²) in [5.74, 6) is 0.799. The lowest BCUT2D eigenvalue weighted by Gasteiger charge is -2.24. The van der Waals surface area contributed by atoms with Gasteiger partial charge in [0.15, 0.2) is 0 Å². The molecule has 6 nitrogen and oxygen atoms in total. The molecule has 176 valence electrons. The number of aromatic nitrogens is 2. The smallest absolute Gasteiger partial charge is 0.408 e. The molecule has 0 unspecified atom stereocenters. The molecular formula is C28H31N3O3. The third-order valence-corrected chi connectivity index (χ3v) is 5.74. The lowest BCUT2D eigenvalue weighted by molar-refractivity contribution is 0.0501. The number of carbonyl (C=O) groups is 1. The predicted molar refractivity (Wildman–Crippen MR) is 135 cm³/mol. The molecule has 0 fully saturated rings. The number of nitrogens with one attached hydrogen (secondary N) is 1. The van der Waals surface area contributed by atoms with E-state index in [9.17, 15) is 4.79 Å². The average molecular weight is 458 g/mol. The van der Waals surface area contributed by atoms with Gasteiger partial charge in [0.05, 0.1) is 13.2 Å². The molecule has 4 rings (SSSR count). The van der Waals surface area contributed by atoms with E-state index < -0.39 is 11.7 Å². The highest BCUT2D eigenvalue weighted by Crippen LogP contribution is 2.29. The van der Waals surface area contributed by atoms with Crippen molar-refractivity contribution in [3.05, 3.63) is 84.3 Å². The Morgan fingerprint density at radius 2 is 1.79 bits per heavy atom. The molecule has 0 aliphatic carbocycles. The number of pyridine rings is 1. The van der Waals surface area contributed by atoms with Crippen LogP contribution in [0.5, 0.6) is 5.75 Å². The van der Waals surface area contributed by atoms with Crippen molar-refractivity contribution in [1.82, 2.24) is 14.9 Å². The Kier molecular flexibility index (Phi) is 6.59. The summed E-state index contributed by atoms with van der Waals surface area (Å²) in [6, 6.07) is 20.1. The molecule has 0 aliphatic rings. The number of carbonyl (C=O) groups excluding carboxylic acids is 1. The molecule has 2 aromatic carbocycles. The Morgan fingerprint density at radius 3 is 2.50 bits per heavy atom. The van der Waals surface area contributed by atoms with Gasteiger partial charge in [-0.05, 0) is 80.1 Å². The molecule has 4 aromatic rings. The van der Waals surface area contributed by atoms with Crippen molar-refractivity contribution >= 4 is 16.9 Å². The molecule has 6 heteroatoms. The Balaban J connectivity index is 1.66. The van der Waals surface area contributed by atoms with E-state index in [0.29, 0.717) is 6.42 Å². The van der Waals surface area contributed by atoms with Crippen molar-refractivity contribution in [2.45, 2.75) is 38.8 Å². The maximum absolute atomic E-state index is 12.7. The van der Waals surface area contributed by atoms with Gasteiger partial charge in [0.1, 0.15) is 11.4 Å². The summed E-state index contributed by atoms with van der Waals surface area (Å²) in [6.07, 6.45) is 3.85. The van der Waals surface area contributed by atoms with Gasteiger partial charge in [-0.3, -0.25) is 4.98 Å². The lowest BCUT2D eigenvalue weighted by atomic mass is 10.0. The molecule has 0 saturated carbocycles. The van der Waals surface area contributed by atoms with Crippen molar-refractivity contribution in [3.8, 4) is 17.0 Å². The van der Waals surface area contributed by atoms with Crippen molar-refractivity contribution in [1.29, 1.82) is 0 Å². The van der Waals surface area contributed by atoms with Crippen molar-refractivity contribution in [2.24, 2.45) is 7.05 Å². The fourth-order valence-corrected chi connectivity index (χ4v) is 4.09. The minimum Gasteiger partial charge on any atom is -0.497 e. The van der Waals surface area contributed by atoms with Crippen molar-refractivity contribution in [3.63, 3.8) is 0 Å². The van der Waals surface area contributed by atoms with Crippen LogP contribution in [0.15, 0.2) is 73.1 Å². The van der Waals surface area contributed by atoms with Crippen LogP contribution in [-0.2, 0) is 18.2 Å². The van der Waals surface area contributed by atoms with Gasteiger partial charge in [-0.1, -0.05) is 24.3 Å². The number of ether oxygens (including phenoxy) is 2. The van der Waals surface area contributed by atoms with Crippen molar-refractivity contribution in [2.75, 3.05) is 7.11 Å². The lowest BCUT2D eigenvalue weighted by Crippen LogP contribution is -2.36. The highest BCUT2D eigenvalue weighted by atomic mass is 16.6. The number of benzene rings is 2. The Morgan fingerprint density at radius 1 is 1.03 bits per heavy atom. The number of amides is 1. The molecule has 1 atom stereocenters. The highest BCUT2D eigenvalue weighted by Gasteiger charge is 2.23. The molecule has 2 heterocycles. The Hall–Kier alpha value is -3.80. The first-order valence-corrected chi connectivity index (χ1v) is 11.4. The molecule has 0 saturated heterocycles. The molecule has 2 aromatic heterocycles. The minimum atomic E-state index is -0.575. The fraction of sp³-hybridized carbons (Fsp3) is 0.286. The molecular weight excluding hydrogens is 426 g/mol. The molecule has 0 radical (unpaired) electrons. The molecule has 1 N–H and O–H groups in total. The summed E-state index contributed by atoms with van der Waals surface area (Å²) < 4.78 is 13.0. The van der Waals surface area contributed by atoms with Crippen LogP contribution in [0, 0.1) is 0 Å². The van der Waals surface area contributed by atoms with Gasteiger partial charge in [0.25, 0.3) is 0 Å². The zero-order valence-corrected chi connectivity index (χ0v) is 20.3. The first kappa shape index (κ1) is 23.4. The van der Waals surface area contributed by atoms with Gasteiger partial charge in [-0.25, -0.2) is 4.79 Å². The maximum atomic E-state index is 12.7. The van der Waals surface area contributed by atoms with Gasteiger partial charge in [-0.15, -0.1) is 0 Å². The molecule has 0 aliphatic heterocycles. The van der Waals surface area contributed by atoms with Gasteiger partial charge < -0.3 is 19.4 Å². The number of nitrogens with zero attached hydrogens (tertiary/aromatic N) is 2. The minimum absolute atomic E-state index is 0.272. The fourth-order valence-electron chi connectivity index (χ4n) is 4.09. The molecule has 1 amide bonds. The third-order valence-electron chi connectivity index (χ3n) is 5.74. The Bertz CT molecular complexity index is 1290. The Labute approximate surface area is 200 Å². The zero-order valence-electron chi connectivity index (χ0n) is 20.3. The van der Waals surface area contributed by atoms with Crippen LogP contribution in [0.2, 0.25) is 0 Å². The van der Waals surface area contributed by atoms with Gasteiger partial charge >= 0.3 is 6.09 Å². The summed E-state index contributed by atoms with van der Waals surface area (Å²) in [5.41, 5.74) is 3.68. The second-order valence-corrected chi connectivity index (χ2v) is 9.39. The van der Waals surface area contributed by atoms with E-state index in [0.717, 1.165) is 39.0 Å². The monoisotopic (exact) mass is 457 g/mol. The van der Waals surface area contributed by atoms with Gasteiger partial charge in [-0.2, -0.15) is 0 Å². The quantitative estimate of drug-likeness (QED) is 0.382. The summed E-state index contributed by atoms with van der Waals surface area (Å²) in [4.78, 5) is 16.9. The first-order valence-electron chi connectivity index (χ1n) is 11.4. The number of methoxy groups -OCH3 is 1. The van der Waals surface area contributed by atoms with Crippen LogP contribution >= 0.6 is 0 Å². The van der Waals surface area contributed by atoms with E-state index >= 15 is 0 Å². The zero-order chi connectivity index (χ0) is 24.3. The van der Waals surface area contributed by atoms with Crippen LogP contribution in [0.3, 0.4) is 0 Å². The van der Waals surface area contributed by atoms with Crippen LogP contribution in [0.1, 0.15) is 38.1 Å².